The summed E-state index contributed by atoms with van der Waals surface area (Å²) in [6, 6.07) is 16.1. The van der Waals surface area contributed by atoms with Gasteiger partial charge in [0.15, 0.2) is 11.5 Å². The van der Waals surface area contributed by atoms with Crippen LogP contribution in [0.5, 0.6) is 11.5 Å². The topological polar surface area (TPSA) is 30.9 Å². The zero-order valence-electron chi connectivity index (χ0n) is 22.2. The molecular formula is C32H39NO3S. The van der Waals surface area contributed by atoms with Gasteiger partial charge in [0.1, 0.15) is 11.7 Å². The number of hydrogen-bond donors (Lipinski definition) is 0. The molecule has 4 nitrogen and oxygen atoms in total. The van der Waals surface area contributed by atoms with Crippen molar-refractivity contribution < 1.29 is 14.2 Å². The standard InChI is InChI=1S/C32H39NO3S/c1-34-25-11-10-23-16-26-30-12-13-32(35-2,24(17-30)20-37-19-22-6-4-3-5-7-22)29-31(30,27(23)28(25)36-29)14-15-33(26)18-21-8-9-21/h3-7,10-11,21,24,26,29H,8-9,12-20H2,1-2H3/t24?,26-,29-,30-,31+,32?/m1/s1. The highest BCUT2D eigenvalue weighted by Crippen LogP contribution is 2.76. The third-order valence-electron chi connectivity index (χ3n) is 11.4. The second-order valence-corrected chi connectivity index (χ2v) is 13.8. The summed E-state index contributed by atoms with van der Waals surface area (Å²) in [5, 5.41) is 0. The Kier molecular flexibility index (Phi) is 5.12. The molecule has 2 aromatic rings. The van der Waals surface area contributed by atoms with E-state index in [9.17, 15) is 0 Å². The Hall–Kier alpha value is -1.69. The fourth-order valence-electron chi connectivity index (χ4n) is 9.79. The van der Waals surface area contributed by atoms with Gasteiger partial charge in [-0.15, -0.1) is 0 Å². The van der Waals surface area contributed by atoms with Crippen molar-refractivity contribution in [3.63, 3.8) is 0 Å². The van der Waals surface area contributed by atoms with Crippen LogP contribution in [0.4, 0.5) is 0 Å². The third-order valence-corrected chi connectivity index (χ3v) is 12.6. The van der Waals surface area contributed by atoms with E-state index >= 15 is 0 Å². The molecule has 5 aliphatic carbocycles. The molecule has 5 fully saturated rings. The number of rotatable bonds is 8. The van der Waals surface area contributed by atoms with Crippen LogP contribution in [0.3, 0.4) is 0 Å². The van der Waals surface area contributed by atoms with Gasteiger partial charge in [-0.2, -0.15) is 11.8 Å². The van der Waals surface area contributed by atoms with E-state index in [1.807, 2.05) is 7.11 Å². The van der Waals surface area contributed by atoms with Crippen LogP contribution in [0.2, 0.25) is 0 Å². The summed E-state index contributed by atoms with van der Waals surface area (Å²) in [6.07, 6.45) is 8.96. The molecule has 0 radical (unpaired) electrons. The Morgan fingerprint density at radius 2 is 1.92 bits per heavy atom. The molecular weight excluding hydrogens is 478 g/mol. The smallest absolute Gasteiger partial charge is 0.165 e. The first-order valence-corrected chi connectivity index (χ1v) is 15.6. The fourth-order valence-corrected chi connectivity index (χ4v) is 11.0. The Bertz CT molecular complexity index is 1220. The van der Waals surface area contributed by atoms with E-state index in [1.54, 1.807) is 7.11 Å². The lowest BCUT2D eigenvalue weighted by Gasteiger charge is -2.74. The highest BCUT2D eigenvalue weighted by molar-refractivity contribution is 7.98. The number of benzene rings is 2. The maximum absolute atomic E-state index is 7.17. The number of likely N-dealkylation sites (tertiary alicyclic amines) is 1. The molecule has 2 aromatic carbocycles. The van der Waals surface area contributed by atoms with E-state index < -0.39 is 0 Å². The van der Waals surface area contributed by atoms with Crippen LogP contribution in [-0.2, 0) is 22.3 Å². The predicted octanol–water partition coefficient (Wildman–Crippen LogP) is 5.85. The van der Waals surface area contributed by atoms with Gasteiger partial charge < -0.3 is 14.2 Å². The molecule has 2 heterocycles. The molecule has 2 unspecified atom stereocenters. The second-order valence-electron chi connectivity index (χ2n) is 12.7. The van der Waals surface area contributed by atoms with Gasteiger partial charge in [0.2, 0.25) is 0 Å². The average Bonchev–Trinajstić information content (AvgIpc) is 3.68. The normalized spacial score (nSPS) is 38.8. The summed E-state index contributed by atoms with van der Waals surface area (Å²) in [5.74, 6) is 5.59. The average molecular weight is 518 g/mol. The first kappa shape index (κ1) is 23.2. The van der Waals surface area contributed by atoms with E-state index in [0.717, 1.165) is 35.3 Å². The molecule has 196 valence electrons. The Balaban J connectivity index is 1.22. The number of hydrogen-bond acceptors (Lipinski definition) is 5. The minimum absolute atomic E-state index is 0.0596. The van der Waals surface area contributed by atoms with Crippen molar-refractivity contribution in [1.29, 1.82) is 0 Å². The molecule has 2 spiro atoms. The van der Waals surface area contributed by atoms with Crippen molar-refractivity contribution >= 4 is 11.8 Å². The lowest BCUT2D eigenvalue weighted by atomic mass is 9.35. The molecule has 0 aromatic heterocycles. The number of nitrogens with zero attached hydrogens (tertiary/aromatic N) is 1. The van der Waals surface area contributed by atoms with Gasteiger partial charge in [-0.05, 0) is 80.4 Å². The van der Waals surface area contributed by atoms with Crippen molar-refractivity contribution in [2.75, 3.05) is 33.1 Å². The van der Waals surface area contributed by atoms with Gasteiger partial charge in [-0.3, -0.25) is 4.90 Å². The maximum atomic E-state index is 7.17. The van der Waals surface area contributed by atoms with Crippen LogP contribution in [0, 0.1) is 17.3 Å². The Morgan fingerprint density at radius 1 is 1.05 bits per heavy atom. The minimum Gasteiger partial charge on any atom is -0.493 e. The maximum Gasteiger partial charge on any atom is 0.165 e. The second kappa shape index (κ2) is 8.16. The Labute approximate surface area is 225 Å². The summed E-state index contributed by atoms with van der Waals surface area (Å²) < 4.78 is 19.8. The van der Waals surface area contributed by atoms with Crippen LogP contribution < -0.4 is 9.47 Å². The zero-order valence-corrected chi connectivity index (χ0v) is 23.0. The molecule has 4 saturated carbocycles. The first-order valence-electron chi connectivity index (χ1n) is 14.4. The zero-order chi connectivity index (χ0) is 24.8. The van der Waals surface area contributed by atoms with Crippen molar-refractivity contribution in [3.8, 4) is 11.5 Å². The molecule has 37 heavy (non-hydrogen) atoms. The molecule has 2 aliphatic heterocycles. The molecule has 5 heteroatoms. The highest BCUT2D eigenvalue weighted by atomic mass is 32.2. The van der Waals surface area contributed by atoms with E-state index in [2.05, 4.69) is 59.1 Å². The van der Waals surface area contributed by atoms with Crippen LogP contribution >= 0.6 is 11.8 Å². The van der Waals surface area contributed by atoms with Gasteiger partial charge >= 0.3 is 0 Å². The molecule has 9 rings (SSSR count). The van der Waals surface area contributed by atoms with Crippen LogP contribution in [0.15, 0.2) is 42.5 Å². The van der Waals surface area contributed by atoms with Crippen LogP contribution in [-0.4, -0.2) is 55.7 Å². The molecule has 0 amide bonds. The summed E-state index contributed by atoms with van der Waals surface area (Å²) in [4.78, 5) is 2.93. The van der Waals surface area contributed by atoms with Crippen molar-refractivity contribution in [1.82, 2.24) is 4.90 Å². The van der Waals surface area contributed by atoms with Crippen molar-refractivity contribution in [3.05, 3.63) is 59.2 Å². The number of ether oxygens (including phenoxy) is 3. The van der Waals surface area contributed by atoms with Gasteiger partial charge in [0, 0.05) is 47.8 Å². The van der Waals surface area contributed by atoms with E-state index in [4.69, 9.17) is 14.2 Å². The SMILES string of the molecule is COc1ccc2c3c1O[C@H]1C4(OC)CC[C@@]5(CC4CSCc4ccccc4)[C@@H](C2)N(CC2CC2)CC[C@]315. The molecule has 7 aliphatic rings. The Morgan fingerprint density at radius 3 is 2.70 bits per heavy atom. The van der Waals surface area contributed by atoms with Gasteiger partial charge in [0.25, 0.3) is 0 Å². The number of methoxy groups -OCH3 is 2. The third kappa shape index (κ3) is 2.94. The minimum atomic E-state index is -0.229. The van der Waals surface area contributed by atoms with Crippen LogP contribution in [0.25, 0.3) is 0 Å². The monoisotopic (exact) mass is 517 g/mol. The van der Waals surface area contributed by atoms with Crippen molar-refractivity contribution in [2.24, 2.45) is 17.3 Å². The van der Waals surface area contributed by atoms with Gasteiger partial charge in [-0.25, -0.2) is 0 Å². The highest BCUT2D eigenvalue weighted by Gasteiger charge is 2.80. The van der Waals surface area contributed by atoms with E-state index in [-0.39, 0.29) is 22.5 Å². The molecule has 4 bridgehead atoms. The van der Waals surface area contributed by atoms with Gasteiger partial charge in [-0.1, -0.05) is 36.4 Å². The predicted molar refractivity (Wildman–Crippen MR) is 148 cm³/mol. The summed E-state index contributed by atoms with van der Waals surface area (Å²) in [5.41, 5.74) is 4.54. The first-order chi connectivity index (χ1) is 18.1. The summed E-state index contributed by atoms with van der Waals surface area (Å²) in [7, 11) is 3.77. The quantitative estimate of drug-likeness (QED) is 0.438. The van der Waals surface area contributed by atoms with Crippen LogP contribution in [0.1, 0.15) is 55.2 Å². The van der Waals surface area contributed by atoms with Crippen molar-refractivity contribution in [2.45, 2.75) is 73.9 Å². The lowest BCUT2D eigenvalue weighted by Crippen LogP contribution is -2.81. The number of fused-ring (bicyclic) bond motifs is 2. The van der Waals surface area contributed by atoms with Gasteiger partial charge in [0.05, 0.1) is 7.11 Å². The largest absolute Gasteiger partial charge is 0.493 e. The summed E-state index contributed by atoms with van der Waals surface area (Å²) >= 11 is 2.09. The summed E-state index contributed by atoms with van der Waals surface area (Å²) in [6.45, 7) is 2.50. The molecule has 0 N–H and O–H groups in total. The number of thioether (sulfide) groups is 1. The lowest BCUT2D eigenvalue weighted by molar-refractivity contribution is -0.273. The van der Waals surface area contributed by atoms with E-state index in [0.29, 0.717) is 12.0 Å². The van der Waals surface area contributed by atoms with E-state index in [1.165, 1.54) is 68.3 Å². The fraction of sp³-hybridized carbons (Fsp3) is 0.625. The molecule has 1 saturated heterocycles. The number of piperidine rings is 1. The molecule has 6 atom stereocenters.